The number of nitrogens with one attached hydrogen (secondary N) is 1. The first-order valence-electron chi connectivity index (χ1n) is 6.59. The number of carbonyl (C=O) groups excluding carboxylic acids is 1. The molecule has 0 atom stereocenters. The van der Waals surface area contributed by atoms with Gasteiger partial charge in [0.15, 0.2) is 0 Å². The number of rotatable bonds is 5. The summed E-state index contributed by atoms with van der Waals surface area (Å²) in [7, 11) is 2.93. The summed E-state index contributed by atoms with van der Waals surface area (Å²) in [6.07, 6.45) is 0. The van der Waals surface area contributed by atoms with Crippen LogP contribution in [0, 0.1) is 0 Å². The van der Waals surface area contributed by atoms with Gasteiger partial charge in [-0.15, -0.1) is 0 Å². The van der Waals surface area contributed by atoms with Crippen LogP contribution in [0.25, 0.3) is 0 Å². The van der Waals surface area contributed by atoms with Gasteiger partial charge in [-0.05, 0) is 42.0 Å². The summed E-state index contributed by atoms with van der Waals surface area (Å²) in [6.45, 7) is 0.484. The first-order valence-corrected chi connectivity index (χ1v) is 6.97. The van der Waals surface area contributed by atoms with E-state index in [1.54, 1.807) is 37.4 Å². The van der Waals surface area contributed by atoms with Gasteiger partial charge in [0.1, 0.15) is 5.75 Å². The maximum absolute atomic E-state index is 11.4. The van der Waals surface area contributed by atoms with Crippen LogP contribution in [0.3, 0.4) is 0 Å². The molecule has 5 nitrogen and oxygen atoms in total. The van der Waals surface area contributed by atoms with Gasteiger partial charge in [0, 0.05) is 11.6 Å². The van der Waals surface area contributed by atoms with Crippen molar-refractivity contribution in [2.75, 3.05) is 25.3 Å². The van der Waals surface area contributed by atoms with E-state index < -0.39 is 5.97 Å². The third-order valence-electron chi connectivity index (χ3n) is 3.19. The average molecular weight is 321 g/mol. The minimum Gasteiger partial charge on any atom is -0.497 e. The second-order valence-corrected chi connectivity index (χ2v) is 5.01. The van der Waals surface area contributed by atoms with E-state index in [-0.39, 0.29) is 0 Å². The highest BCUT2D eigenvalue weighted by molar-refractivity contribution is 6.31. The number of hydrogen-bond acceptors (Lipinski definition) is 5. The van der Waals surface area contributed by atoms with E-state index in [1.807, 2.05) is 6.07 Å². The molecule has 0 aromatic heterocycles. The number of methoxy groups -OCH3 is 2. The number of carbonyl (C=O) groups is 1. The van der Waals surface area contributed by atoms with Gasteiger partial charge < -0.3 is 20.5 Å². The summed E-state index contributed by atoms with van der Waals surface area (Å²) in [5.74, 6) is 0.310. The Morgan fingerprint density at radius 2 is 2.00 bits per heavy atom. The number of nitrogen functional groups attached to an aromatic ring is 1. The van der Waals surface area contributed by atoms with Crippen molar-refractivity contribution in [3.8, 4) is 5.75 Å². The molecule has 0 fully saturated rings. The molecule has 3 N–H and O–H groups in total. The molecule has 0 radical (unpaired) electrons. The predicted octanol–water partition coefficient (Wildman–Crippen LogP) is 3.33. The molecule has 0 amide bonds. The van der Waals surface area contributed by atoms with Gasteiger partial charge in [0.05, 0.1) is 31.2 Å². The molecule has 6 heteroatoms. The Kier molecular flexibility index (Phi) is 5.12. The normalized spacial score (nSPS) is 10.1. The number of halogens is 1. The molecule has 0 heterocycles. The third-order valence-corrected chi connectivity index (χ3v) is 3.56. The Bertz CT molecular complexity index is 689. The lowest BCUT2D eigenvalue weighted by Gasteiger charge is -2.12. The Hall–Kier alpha value is -2.40. The van der Waals surface area contributed by atoms with E-state index in [0.717, 1.165) is 11.3 Å². The minimum absolute atomic E-state index is 0.407. The highest BCUT2D eigenvalue weighted by Gasteiger charge is 2.09. The molecule has 0 bridgehead atoms. The smallest absolute Gasteiger partial charge is 0.337 e. The number of benzene rings is 2. The standard InChI is InChI=1S/C16H17ClN2O3/c1-21-12-4-5-13(17)11(7-12)9-19-15-6-3-10(8-14(15)18)16(20)22-2/h3-8,19H,9,18H2,1-2H3. The Labute approximate surface area is 134 Å². The van der Waals surface area contributed by atoms with Crippen LogP contribution in [0.1, 0.15) is 15.9 Å². The summed E-state index contributed by atoms with van der Waals surface area (Å²) in [5, 5.41) is 3.83. The van der Waals surface area contributed by atoms with Crippen LogP contribution in [0.15, 0.2) is 36.4 Å². The fourth-order valence-electron chi connectivity index (χ4n) is 1.97. The number of nitrogens with two attached hydrogens (primary N) is 1. The summed E-state index contributed by atoms with van der Waals surface area (Å²) in [6, 6.07) is 10.4. The zero-order valence-electron chi connectivity index (χ0n) is 12.4. The van der Waals surface area contributed by atoms with Gasteiger partial charge in [-0.25, -0.2) is 4.79 Å². The molecular formula is C16H17ClN2O3. The molecule has 116 valence electrons. The second-order valence-electron chi connectivity index (χ2n) is 4.60. The van der Waals surface area contributed by atoms with Gasteiger partial charge >= 0.3 is 5.97 Å². The largest absolute Gasteiger partial charge is 0.497 e. The molecule has 0 spiro atoms. The van der Waals surface area contributed by atoms with Gasteiger partial charge in [-0.3, -0.25) is 0 Å². The molecule has 22 heavy (non-hydrogen) atoms. The Balaban J connectivity index is 2.13. The van der Waals surface area contributed by atoms with Crippen LogP contribution in [0.2, 0.25) is 5.02 Å². The topological polar surface area (TPSA) is 73.6 Å². The molecule has 0 aliphatic rings. The van der Waals surface area contributed by atoms with E-state index in [0.29, 0.717) is 28.5 Å². The van der Waals surface area contributed by atoms with Gasteiger partial charge in [-0.2, -0.15) is 0 Å². The van der Waals surface area contributed by atoms with Crippen molar-refractivity contribution in [2.24, 2.45) is 0 Å². The van der Waals surface area contributed by atoms with E-state index in [4.69, 9.17) is 22.1 Å². The van der Waals surface area contributed by atoms with E-state index in [9.17, 15) is 4.79 Å². The van der Waals surface area contributed by atoms with Crippen LogP contribution < -0.4 is 15.8 Å². The fraction of sp³-hybridized carbons (Fsp3) is 0.188. The highest BCUT2D eigenvalue weighted by Crippen LogP contribution is 2.25. The van der Waals surface area contributed by atoms with Crippen molar-refractivity contribution in [2.45, 2.75) is 6.54 Å². The van der Waals surface area contributed by atoms with Crippen LogP contribution in [-0.2, 0) is 11.3 Å². The molecule has 2 aromatic carbocycles. The maximum Gasteiger partial charge on any atom is 0.337 e. The SMILES string of the molecule is COC(=O)c1ccc(NCc2cc(OC)ccc2Cl)c(N)c1. The first kappa shape index (κ1) is 16.0. The van der Waals surface area contributed by atoms with Crippen LogP contribution in [-0.4, -0.2) is 20.2 Å². The molecule has 0 saturated carbocycles. The monoisotopic (exact) mass is 320 g/mol. The summed E-state index contributed by atoms with van der Waals surface area (Å²) in [4.78, 5) is 11.4. The lowest BCUT2D eigenvalue weighted by atomic mass is 10.1. The number of anilines is 2. The van der Waals surface area contributed by atoms with Gasteiger partial charge in [0.2, 0.25) is 0 Å². The van der Waals surface area contributed by atoms with Crippen molar-refractivity contribution >= 4 is 28.9 Å². The van der Waals surface area contributed by atoms with Crippen molar-refractivity contribution in [3.63, 3.8) is 0 Å². The second kappa shape index (κ2) is 7.04. The lowest BCUT2D eigenvalue weighted by Crippen LogP contribution is -2.06. The fourth-order valence-corrected chi connectivity index (χ4v) is 2.16. The van der Waals surface area contributed by atoms with Crippen molar-refractivity contribution in [3.05, 3.63) is 52.5 Å². The minimum atomic E-state index is -0.422. The lowest BCUT2D eigenvalue weighted by molar-refractivity contribution is 0.0601. The molecule has 0 aliphatic heterocycles. The van der Waals surface area contributed by atoms with E-state index in [1.165, 1.54) is 7.11 Å². The predicted molar refractivity (Wildman–Crippen MR) is 87.5 cm³/mol. The van der Waals surface area contributed by atoms with Crippen LogP contribution >= 0.6 is 11.6 Å². The van der Waals surface area contributed by atoms with Crippen molar-refractivity contribution in [1.82, 2.24) is 0 Å². The molecular weight excluding hydrogens is 304 g/mol. The highest BCUT2D eigenvalue weighted by atomic mass is 35.5. The Morgan fingerprint density at radius 3 is 2.64 bits per heavy atom. The quantitative estimate of drug-likeness (QED) is 0.653. The van der Waals surface area contributed by atoms with Crippen molar-refractivity contribution < 1.29 is 14.3 Å². The molecule has 0 aliphatic carbocycles. The average Bonchev–Trinajstić information content (AvgIpc) is 2.54. The van der Waals surface area contributed by atoms with Gasteiger partial charge in [-0.1, -0.05) is 11.6 Å². The number of ether oxygens (including phenoxy) is 2. The summed E-state index contributed by atoms with van der Waals surface area (Å²) in [5.41, 5.74) is 8.41. The van der Waals surface area contributed by atoms with Crippen LogP contribution in [0.5, 0.6) is 5.75 Å². The van der Waals surface area contributed by atoms with Crippen LogP contribution in [0.4, 0.5) is 11.4 Å². The summed E-state index contributed by atoms with van der Waals surface area (Å²) < 4.78 is 9.83. The molecule has 2 aromatic rings. The number of esters is 1. The zero-order valence-corrected chi connectivity index (χ0v) is 13.1. The number of hydrogen-bond donors (Lipinski definition) is 2. The van der Waals surface area contributed by atoms with Gasteiger partial charge in [0.25, 0.3) is 0 Å². The first-order chi connectivity index (χ1) is 10.5. The van der Waals surface area contributed by atoms with E-state index in [2.05, 4.69) is 10.1 Å². The molecule has 0 saturated heterocycles. The van der Waals surface area contributed by atoms with E-state index >= 15 is 0 Å². The maximum atomic E-state index is 11.4. The summed E-state index contributed by atoms with van der Waals surface area (Å²) >= 11 is 6.16. The van der Waals surface area contributed by atoms with Crippen molar-refractivity contribution in [1.29, 1.82) is 0 Å². The molecule has 2 rings (SSSR count). The molecule has 0 unspecified atom stereocenters. The Morgan fingerprint density at radius 1 is 1.23 bits per heavy atom. The zero-order chi connectivity index (χ0) is 16.1. The third kappa shape index (κ3) is 3.62.